The van der Waals surface area contributed by atoms with Crippen LogP contribution in [0, 0.1) is 12.8 Å². The lowest BCUT2D eigenvalue weighted by Crippen LogP contribution is -2.47. The molecule has 2 fully saturated rings. The van der Waals surface area contributed by atoms with Gasteiger partial charge in [0.1, 0.15) is 9.97 Å². The number of rotatable bonds is 6. The van der Waals surface area contributed by atoms with Crippen LogP contribution in [-0.2, 0) is 21.4 Å². The number of carbonyl (C=O) groups excluding carboxylic acids is 1. The maximum atomic E-state index is 13.2. The minimum Gasteiger partial charge on any atom is -0.467 e. The predicted octanol–water partition coefficient (Wildman–Crippen LogP) is 3.24. The first-order chi connectivity index (χ1) is 12.9. The highest BCUT2D eigenvalue weighted by atomic mass is 32.2. The van der Waals surface area contributed by atoms with Crippen molar-refractivity contribution >= 4 is 27.3 Å². The average Bonchev–Trinajstić information content (AvgIpc) is 3.18. The first-order valence-corrected chi connectivity index (χ1v) is 11.6. The van der Waals surface area contributed by atoms with Crippen molar-refractivity contribution in [2.24, 2.45) is 5.92 Å². The second kappa shape index (κ2) is 7.41. The molecule has 0 bridgehead atoms. The monoisotopic (exact) mass is 408 g/mol. The maximum absolute atomic E-state index is 13.2. The summed E-state index contributed by atoms with van der Waals surface area (Å²) in [6.07, 6.45) is 5.07. The Morgan fingerprint density at radius 2 is 2.11 bits per heavy atom. The molecule has 1 aliphatic carbocycles. The highest BCUT2D eigenvalue weighted by Gasteiger charge is 2.40. The van der Waals surface area contributed by atoms with Crippen molar-refractivity contribution < 1.29 is 17.6 Å². The molecular formula is C19H24N2O4S2. The molecule has 146 valence electrons. The van der Waals surface area contributed by atoms with Gasteiger partial charge in [-0.05, 0) is 56.9 Å². The minimum absolute atomic E-state index is 0.0520. The smallest absolute Gasteiger partial charge is 0.252 e. The number of hydrogen-bond donors (Lipinski definition) is 0. The fourth-order valence-electron chi connectivity index (χ4n) is 3.62. The van der Waals surface area contributed by atoms with Gasteiger partial charge in [-0.25, -0.2) is 8.42 Å². The molecule has 2 aromatic heterocycles. The molecule has 0 spiro atoms. The quantitative estimate of drug-likeness (QED) is 0.736. The van der Waals surface area contributed by atoms with Crippen molar-refractivity contribution in [3.63, 3.8) is 0 Å². The second-order valence-electron chi connectivity index (χ2n) is 7.34. The molecule has 1 saturated heterocycles. The van der Waals surface area contributed by atoms with Gasteiger partial charge in [-0.1, -0.05) is 0 Å². The van der Waals surface area contributed by atoms with Crippen molar-refractivity contribution in [1.82, 2.24) is 9.21 Å². The number of thiophene rings is 1. The highest BCUT2D eigenvalue weighted by molar-refractivity contribution is 7.91. The Hall–Kier alpha value is -1.64. The van der Waals surface area contributed by atoms with Crippen molar-refractivity contribution in [3.8, 4) is 0 Å². The first kappa shape index (κ1) is 18.7. The van der Waals surface area contributed by atoms with Crippen LogP contribution in [0.4, 0.5) is 0 Å². The topological polar surface area (TPSA) is 70.8 Å². The molecule has 8 heteroatoms. The molecule has 6 nitrogen and oxygen atoms in total. The largest absolute Gasteiger partial charge is 0.467 e. The van der Waals surface area contributed by atoms with Crippen LogP contribution >= 0.6 is 11.3 Å². The van der Waals surface area contributed by atoms with Crippen molar-refractivity contribution in [3.05, 3.63) is 41.2 Å². The summed E-state index contributed by atoms with van der Waals surface area (Å²) in [4.78, 5) is 16.0. The van der Waals surface area contributed by atoms with Gasteiger partial charge in [0.05, 0.1) is 18.7 Å². The van der Waals surface area contributed by atoms with E-state index in [0.29, 0.717) is 23.7 Å². The van der Waals surface area contributed by atoms with E-state index in [0.717, 1.165) is 29.9 Å². The fourth-order valence-corrected chi connectivity index (χ4v) is 6.58. The van der Waals surface area contributed by atoms with Crippen LogP contribution in [0.3, 0.4) is 0 Å². The van der Waals surface area contributed by atoms with Gasteiger partial charge in [0.15, 0.2) is 0 Å². The van der Waals surface area contributed by atoms with E-state index in [4.69, 9.17) is 4.42 Å². The Morgan fingerprint density at radius 1 is 1.30 bits per heavy atom. The van der Waals surface area contributed by atoms with Gasteiger partial charge in [0.2, 0.25) is 5.91 Å². The third-order valence-electron chi connectivity index (χ3n) is 5.22. The molecule has 27 heavy (non-hydrogen) atoms. The van der Waals surface area contributed by atoms with E-state index < -0.39 is 10.0 Å². The number of piperidine rings is 1. The van der Waals surface area contributed by atoms with Crippen LogP contribution in [0.5, 0.6) is 0 Å². The van der Waals surface area contributed by atoms with Gasteiger partial charge in [0, 0.05) is 24.0 Å². The molecule has 0 radical (unpaired) electrons. The molecule has 1 amide bonds. The van der Waals surface area contributed by atoms with Crippen LogP contribution in [-0.4, -0.2) is 42.7 Å². The zero-order valence-corrected chi connectivity index (χ0v) is 17.0. The van der Waals surface area contributed by atoms with E-state index in [1.165, 1.54) is 15.6 Å². The number of aryl methyl sites for hydroxylation is 1. The predicted molar refractivity (Wildman–Crippen MR) is 103 cm³/mol. The lowest BCUT2D eigenvalue weighted by atomic mass is 9.98. The lowest BCUT2D eigenvalue weighted by Gasteiger charge is -2.34. The number of sulfonamides is 1. The van der Waals surface area contributed by atoms with Crippen LogP contribution in [0.2, 0.25) is 0 Å². The third kappa shape index (κ3) is 3.97. The van der Waals surface area contributed by atoms with E-state index >= 15 is 0 Å². The fraction of sp³-hybridized carbons (Fsp3) is 0.526. The number of carbonyl (C=O) groups is 1. The summed E-state index contributed by atoms with van der Waals surface area (Å²) in [5.74, 6) is 0.533. The number of amides is 1. The molecule has 3 heterocycles. The standard InChI is InChI=1S/C19H24N2O4S2/c1-14-6-9-18(26-14)27(23,24)20-10-2-4-15(12-20)19(22)21(16-7-8-16)13-17-5-3-11-25-17/h3,5-6,9,11,15-16H,2,4,7-8,10,12-13H2,1H3. The molecule has 1 aliphatic heterocycles. The molecule has 2 aromatic rings. The number of nitrogens with zero attached hydrogens (tertiary/aromatic N) is 2. The van der Waals surface area contributed by atoms with Gasteiger partial charge in [0.25, 0.3) is 10.0 Å². The van der Waals surface area contributed by atoms with E-state index in [-0.39, 0.29) is 24.4 Å². The molecule has 1 atom stereocenters. The normalized spacial score (nSPS) is 21.3. The molecule has 0 N–H and O–H groups in total. The summed E-state index contributed by atoms with van der Waals surface area (Å²) >= 11 is 1.28. The second-order valence-corrected chi connectivity index (χ2v) is 10.8. The number of furan rings is 1. The Labute approximate surface area is 163 Å². The summed E-state index contributed by atoms with van der Waals surface area (Å²) < 4.78 is 33.1. The maximum Gasteiger partial charge on any atom is 0.252 e. The number of hydrogen-bond acceptors (Lipinski definition) is 5. The Bertz CT molecular complexity index is 900. The molecule has 4 rings (SSSR count). The van der Waals surface area contributed by atoms with Gasteiger partial charge in [-0.2, -0.15) is 4.31 Å². The average molecular weight is 409 g/mol. The summed E-state index contributed by atoms with van der Waals surface area (Å²) in [5, 5.41) is 0. The molecule has 1 saturated carbocycles. The third-order valence-corrected chi connectivity index (χ3v) is 8.55. The Kier molecular flexibility index (Phi) is 5.13. The van der Waals surface area contributed by atoms with Gasteiger partial charge >= 0.3 is 0 Å². The SMILES string of the molecule is Cc1ccc(S(=O)(=O)N2CCCC(C(=O)N(Cc3ccco3)C3CC3)C2)s1. The van der Waals surface area contributed by atoms with Crippen LogP contribution in [0.25, 0.3) is 0 Å². The molecular weight excluding hydrogens is 384 g/mol. The summed E-state index contributed by atoms with van der Waals surface area (Å²) in [7, 11) is -3.53. The van der Waals surface area contributed by atoms with Crippen LogP contribution < -0.4 is 0 Å². The van der Waals surface area contributed by atoms with Crippen molar-refractivity contribution in [2.45, 2.75) is 49.4 Å². The van der Waals surface area contributed by atoms with E-state index in [1.54, 1.807) is 12.3 Å². The lowest BCUT2D eigenvalue weighted by molar-refractivity contribution is -0.138. The summed E-state index contributed by atoms with van der Waals surface area (Å²) in [6.45, 7) is 3.10. The zero-order valence-electron chi connectivity index (χ0n) is 15.3. The van der Waals surface area contributed by atoms with Gasteiger partial charge in [-0.15, -0.1) is 11.3 Å². The summed E-state index contributed by atoms with van der Waals surface area (Å²) in [5.41, 5.74) is 0. The minimum atomic E-state index is -3.53. The molecule has 2 aliphatic rings. The van der Waals surface area contributed by atoms with Crippen molar-refractivity contribution in [1.29, 1.82) is 0 Å². The Morgan fingerprint density at radius 3 is 2.74 bits per heavy atom. The van der Waals surface area contributed by atoms with Gasteiger partial charge in [-0.3, -0.25) is 4.79 Å². The van der Waals surface area contributed by atoms with E-state index in [1.807, 2.05) is 30.0 Å². The first-order valence-electron chi connectivity index (χ1n) is 9.34. The highest BCUT2D eigenvalue weighted by Crippen LogP contribution is 2.33. The van der Waals surface area contributed by atoms with Crippen LogP contribution in [0.15, 0.2) is 39.2 Å². The molecule has 1 unspecified atom stereocenters. The van der Waals surface area contributed by atoms with Gasteiger partial charge < -0.3 is 9.32 Å². The summed E-state index contributed by atoms with van der Waals surface area (Å²) in [6, 6.07) is 7.44. The zero-order chi connectivity index (χ0) is 19.0. The van der Waals surface area contributed by atoms with Crippen LogP contribution in [0.1, 0.15) is 36.3 Å². The van der Waals surface area contributed by atoms with Crippen molar-refractivity contribution in [2.75, 3.05) is 13.1 Å². The Balaban J connectivity index is 1.49. The molecule has 0 aromatic carbocycles. The van der Waals surface area contributed by atoms with E-state index in [9.17, 15) is 13.2 Å². The van der Waals surface area contributed by atoms with E-state index in [2.05, 4.69) is 0 Å².